The molecule has 1 aromatic rings. The Hall–Kier alpha value is -1.59. The van der Waals surface area contributed by atoms with Gasteiger partial charge in [0.05, 0.1) is 6.61 Å². The summed E-state index contributed by atoms with van der Waals surface area (Å²) in [5.41, 5.74) is 0.561. The Labute approximate surface area is 113 Å². The van der Waals surface area contributed by atoms with E-state index in [9.17, 15) is 9.90 Å². The molecule has 0 heterocycles. The molecule has 0 radical (unpaired) electrons. The average molecular weight is 267 g/mol. The first-order chi connectivity index (χ1) is 9.19. The van der Waals surface area contributed by atoms with Gasteiger partial charge >= 0.3 is 0 Å². The smallest absolute Gasteiger partial charge is 0.253 e. The van der Waals surface area contributed by atoms with Crippen molar-refractivity contribution in [3.05, 3.63) is 29.8 Å². The van der Waals surface area contributed by atoms with Crippen LogP contribution in [-0.2, 0) is 9.47 Å². The second-order valence-corrected chi connectivity index (χ2v) is 4.18. The predicted octanol–water partition coefficient (Wildman–Crippen LogP) is 1.52. The van der Waals surface area contributed by atoms with E-state index in [-0.39, 0.29) is 11.7 Å². The molecule has 0 atom stereocenters. The summed E-state index contributed by atoms with van der Waals surface area (Å²) in [6.45, 7) is 2.28. The molecule has 19 heavy (non-hydrogen) atoms. The molecule has 0 aliphatic heterocycles. The van der Waals surface area contributed by atoms with Gasteiger partial charge in [0.25, 0.3) is 5.91 Å². The molecular formula is C14H21NO4. The molecule has 0 unspecified atom stereocenters. The van der Waals surface area contributed by atoms with Gasteiger partial charge in [0.1, 0.15) is 5.75 Å². The number of amides is 1. The van der Waals surface area contributed by atoms with Crippen LogP contribution in [0.5, 0.6) is 5.75 Å². The normalized spacial score (nSPS) is 10.4. The molecule has 1 rings (SSSR count). The monoisotopic (exact) mass is 267 g/mol. The highest BCUT2D eigenvalue weighted by atomic mass is 16.5. The number of carbonyl (C=O) groups excluding carboxylic acids is 1. The second kappa shape index (κ2) is 8.50. The maximum Gasteiger partial charge on any atom is 0.253 e. The molecule has 0 bridgehead atoms. The number of rotatable bonds is 8. The van der Waals surface area contributed by atoms with Crippen molar-refractivity contribution in [3.63, 3.8) is 0 Å². The molecule has 0 saturated heterocycles. The lowest BCUT2D eigenvalue weighted by atomic mass is 10.2. The maximum absolute atomic E-state index is 12.3. The molecule has 1 amide bonds. The fourth-order valence-electron chi connectivity index (χ4n) is 1.70. The van der Waals surface area contributed by atoms with Crippen molar-refractivity contribution < 1.29 is 19.4 Å². The lowest BCUT2D eigenvalue weighted by Crippen LogP contribution is -2.35. The van der Waals surface area contributed by atoms with E-state index in [1.807, 2.05) is 0 Å². The molecule has 106 valence electrons. The van der Waals surface area contributed by atoms with Crippen LogP contribution in [0.25, 0.3) is 0 Å². The van der Waals surface area contributed by atoms with E-state index < -0.39 is 0 Å². The van der Waals surface area contributed by atoms with Crippen LogP contribution in [0.4, 0.5) is 0 Å². The molecule has 1 N–H and O–H groups in total. The fraction of sp³-hybridized carbons (Fsp3) is 0.500. The first kappa shape index (κ1) is 15.5. The van der Waals surface area contributed by atoms with Gasteiger partial charge in [0.15, 0.2) is 0 Å². The summed E-state index contributed by atoms with van der Waals surface area (Å²) in [5.74, 6) is 0.0903. The van der Waals surface area contributed by atoms with Gasteiger partial charge in [-0.05, 0) is 30.7 Å². The van der Waals surface area contributed by atoms with E-state index >= 15 is 0 Å². The minimum Gasteiger partial charge on any atom is -0.508 e. The van der Waals surface area contributed by atoms with E-state index in [0.29, 0.717) is 31.9 Å². The maximum atomic E-state index is 12.3. The number of ether oxygens (including phenoxy) is 2. The molecule has 5 heteroatoms. The summed E-state index contributed by atoms with van der Waals surface area (Å²) in [6, 6.07) is 6.26. The van der Waals surface area contributed by atoms with E-state index in [2.05, 4.69) is 0 Å². The lowest BCUT2D eigenvalue weighted by Gasteiger charge is -2.22. The van der Waals surface area contributed by atoms with Gasteiger partial charge in [-0.2, -0.15) is 0 Å². The number of aromatic hydroxyl groups is 1. The fourth-order valence-corrected chi connectivity index (χ4v) is 1.70. The Morgan fingerprint density at radius 3 is 2.32 bits per heavy atom. The van der Waals surface area contributed by atoms with E-state index in [1.54, 1.807) is 31.3 Å². The highest BCUT2D eigenvalue weighted by molar-refractivity contribution is 5.94. The standard InChI is InChI=1S/C14H21NO4/c1-18-10-3-8-15(9-11-19-2)14(17)12-4-6-13(16)7-5-12/h4-7,16H,3,8-11H2,1-2H3. The van der Waals surface area contributed by atoms with Crippen LogP contribution in [0, 0.1) is 0 Å². The van der Waals surface area contributed by atoms with Crippen molar-refractivity contribution in [1.29, 1.82) is 0 Å². The Bertz CT molecular complexity index is 378. The highest BCUT2D eigenvalue weighted by Crippen LogP contribution is 2.12. The molecule has 0 aliphatic carbocycles. The molecule has 0 aromatic heterocycles. The van der Waals surface area contributed by atoms with Crippen LogP contribution in [0.1, 0.15) is 16.8 Å². The van der Waals surface area contributed by atoms with Crippen LogP contribution in [0.3, 0.4) is 0 Å². The average Bonchev–Trinajstić information content (AvgIpc) is 2.43. The van der Waals surface area contributed by atoms with E-state index in [4.69, 9.17) is 9.47 Å². The molecule has 0 fully saturated rings. The van der Waals surface area contributed by atoms with Crippen molar-refractivity contribution in [2.75, 3.05) is 40.5 Å². The van der Waals surface area contributed by atoms with Crippen molar-refractivity contribution in [3.8, 4) is 5.75 Å². The first-order valence-electron chi connectivity index (χ1n) is 6.25. The molecule has 0 saturated carbocycles. The third-order valence-electron chi connectivity index (χ3n) is 2.74. The molecule has 5 nitrogen and oxygen atoms in total. The Balaban J connectivity index is 2.66. The Morgan fingerprint density at radius 2 is 1.74 bits per heavy atom. The van der Waals surface area contributed by atoms with Crippen LogP contribution in [-0.4, -0.2) is 56.4 Å². The van der Waals surface area contributed by atoms with E-state index in [1.165, 1.54) is 12.1 Å². The number of hydrogen-bond acceptors (Lipinski definition) is 4. The quantitative estimate of drug-likeness (QED) is 0.725. The van der Waals surface area contributed by atoms with Crippen LogP contribution in [0.2, 0.25) is 0 Å². The van der Waals surface area contributed by atoms with Gasteiger partial charge < -0.3 is 19.5 Å². The summed E-state index contributed by atoms with van der Waals surface area (Å²) >= 11 is 0. The molecular weight excluding hydrogens is 246 g/mol. The summed E-state index contributed by atoms with van der Waals surface area (Å²) in [5, 5.41) is 9.23. The van der Waals surface area contributed by atoms with Crippen molar-refractivity contribution in [2.24, 2.45) is 0 Å². The molecule has 1 aromatic carbocycles. The molecule has 0 aliphatic rings. The zero-order valence-electron chi connectivity index (χ0n) is 11.5. The summed E-state index contributed by atoms with van der Waals surface area (Å²) in [6.07, 6.45) is 0.782. The zero-order chi connectivity index (χ0) is 14.1. The minimum atomic E-state index is -0.0619. The van der Waals surface area contributed by atoms with Crippen LogP contribution in [0.15, 0.2) is 24.3 Å². The zero-order valence-corrected chi connectivity index (χ0v) is 11.5. The molecule has 0 spiro atoms. The largest absolute Gasteiger partial charge is 0.508 e. The number of nitrogens with zero attached hydrogens (tertiary/aromatic N) is 1. The van der Waals surface area contributed by atoms with Gasteiger partial charge in [0.2, 0.25) is 0 Å². The number of carbonyl (C=O) groups is 1. The van der Waals surface area contributed by atoms with Crippen molar-refractivity contribution in [1.82, 2.24) is 4.90 Å². The topological polar surface area (TPSA) is 59.0 Å². The van der Waals surface area contributed by atoms with Crippen LogP contribution < -0.4 is 0 Å². The number of phenols is 1. The third kappa shape index (κ3) is 5.28. The van der Waals surface area contributed by atoms with Gasteiger partial charge in [-0.1, -0.05) is 0 Å². The SMILES string of the molecule is COCCCN(CCOC)C(=O)c1ccc(O)cc1. The number of methoxy groups -OCH3 is 2. The van der Waals surface area contributed by atoms with Gasteiger partial charge in [-0.25, -0.2) is 0 Å². The van der Waals surface area contributed by atoms with Crippen molar-refractivity contribution >= 4 is 5.91 Å². The van der Waals surface area contributed by atoms with E-state index in [0.717, 1.165) is 6.42 Å². The predicted molar refractivity (Wildman–Crippen MR) is 72.4 cm³/mol. The number of benzene rings is 1. The number of hydrogen-bond donors (Lipinski definition) is 1. The summed E-state index contributed by atoms with van der Waals surface area (Å²) in [4.78, 5) is 14.0. The second-order valence-electron chi connectivity index (χ2n) is 4.18. The Morgan fingerprint density at radius 1 is 1.11 bits per heavy atom. The van der Waals surface area contributed by atoms with Gasteiger partial charge in [-0.3, -0.25) is 4.79 Å². The summed E-state index contributed by atoms with van der Waals surface area (Å²) in [7, 11) is 3.25. The van der Waals surface area contributed by atoms with Gasteiger partial charge in [-0.15, -0.1) is 0 Å². The Kier molecular flexibility index (Phi) is 6.92. The minimum absolute atomic E-state index is 0.0619. The van der Waals surface area contributed by atoms with Gasteiger partial charge in [0, 0.05) is 39.5 Å². The number of phenolic OH excluding ortho intramolecular Hbond substituents is 1. The van der Waals surface area contributed by atoms with Crippen molar-refractivity contribution in [2.45, 2.75) is 6.42 Å². The third-order valence-corrected chi connectivity index (χ3v) is 2.74. The first-order valence-corrected chi connectivity index (χ1v) is 6.25. The summed E-state index contributed by atoms with van der Waals surface area (Å²) < 4.78 is 10.0. The van der Waals surface area contributed by atoms with Crippen LogP contribution >= 0.6 is 0 Å². The lowest BCUT2D eigenvalue weighted by molar-refractivity contribution is 0.0674. The highest BCUT2D eigenvalue weighted by Gasteiger charge is 2.15.